The summed E-state index contributed by atoms with van der Waals surface area (Å²) in [5.41, 5.74) is 0. The van der Waals surface area contributed by atoms with Gasteiger partial charge in [0.2, 0.25) is 0 Å². The van der Waals surface area contributed by atoms with E-state index in [2.05, 4.69) is 9.97 Å². The van der Waals surface area contributed by atoms with Crippen LogP contribution in [0.5, 0.6) is 0 Å². The molecule has 0 aliphatic carbocycles. The molecule has 6 heteroatoms. The first-order valence-corrected chi connectivity index (χ1v) is 7.14. The zero-order valence-electron chi connectivity index (χ0n) is 10.2. The van der Waals surface area contributed by atoms with Gasteiger partial charge in [0.25, 0.3) is 0 Å². The molecule has 0 bridgehead atoms. The SMILES string of the molecule is CCc1nc(Cl)cc(N(C)Cc2ccc(Cl)s2)n1. The Balaban J connectivity index is 2.17. The van der Waals surface area contributed by atoms with E-state index >= 15 is 0 Å². The monoisotopic (exact) mass is 301 g/mol. The van der Waals surface area contributed by atoms with Gasteiger partial charge in [0.1, 0.15) is 16.8 Å². The second-order valence-corrected chi connectivity index (χ2v) is 6.07. The Hall–Kier alpha value is -0.840. The Morgan fingerprint density at radius 1 is 1.28 bits per heavy atom. The maximum absolute atomic E-state index is 5.98. The molecule has 0 amide bonds. The lowest BCUT2D eigenvalue weighted by Gasteiger charge is -2.17. The van der Waals surface area contributed by atoms with Crippen LogP contribution in [0.25, 0.3) is 0 Å². The minimum atomic E-state index is 0.480. The molecular formula is C12H13Cl2N3S. The molecule has 2 aromatic rings. The van der Waals surface area contributed by atoms with E-state index in [1.54, 1.807) is 17.4 Å². The zero-order chi connectivity index (χ0) is 13.1. The topological polar surface area (TPSA) is 29.0 Å². The fraction of sp³-hybridized carbons (Fsp3) is 0.333. The first-order valence-electron chi connectivity index (χ1n) is 5.57. The quantitative estimate of drug-likeness (QED) is 0.798. The van der Waals surface area contributed by atoms with Crippen LogP contribution in [0.2, 0.25) is 9.49 Å². The zero-order valence-corrected chi connectivity index (χ0v) is 12.5. The van der Waals surface area contributed by atoms with Crippen molar-refractivity contribution in [3.8, 4) is 0 Å². The van der Waals surface area contributed by atoms with E-state index in [1.807, 2.05) is 31.0 Å². The highest BCUT2D eigenvalue weighted by molar-refractivity contribution is 7.16. The van der Waals surface area contributed by atoms with E-state index in [0.29, 0.717) is 5.15 Å². The van der Waals surface area contributed by atoms with Gasteiger partial charge >= 0.3 is 0 Å². The average molecular weight is 302 g/mol. The van der Waals surface area contributed by atoms with Gasteiger partial charge in [0.05, 0.1) is 10.9 Å². The van der Waals surface area contributed by atoms with Crippen molar-refractivity contribution in [1.82, 2.24) is 9.97 Å². The van der Waals surface area contributed by atoms with Crippen molar-refractivity contribution in [2.75, 3.05) is 11.9 Å². The third-order valence-electron chi connectivity index (χ3n) is 2.46. The van der Waals surface area contributed by atoms with Gasteiger partial charge in [0.15, 0.2) is 0 Å². The Kier molecular flexibility index (Phi) is 4.43. The van der Waals surface area contributed by atoms with Crippen LogP contribution < -0.4 is 4.90 Å². The molecule has 2 aromatic heterocycles. The van der Waals surface area contributed by atoms with Crippen molar-refractivity contribution >= 4 is 40.4 Å². The maximum Gasteiger partial charge on any atom is 0.134 e. The molecule has 0 saturated heterocycles. The number of hydrogen-bond donors (Lipinski definition) is 0. The average Bonchev–Trinajstić information content (AvgIpc) is 2.73. The van der Waals surface area contributed by atoms with Crippen LogP contribution in [-0.4, -0.2) is 17.0 Å². The van der Waals surface area contributed by atoms with E-state index in [9.17, 15) is 0 Å². The van der Waals surface area contributed by atoms with Crippen LogP contribution in [0.3, 0.4) is 0 Å². The Morgan fingerprint density at radius 3 is 2.67 bits per heavy atom. The molecule has 2 heterocycles. The van der Waals surface area contributed by atoms with Gasteiger partial charge in [0, 0.05) is 24.4 Å². The number of rotatable bonds is 4. The van der Waals surface area contributed by atoms with Gasteiger partial charge in [-0.3, -0.25) is 0 Å². The predicted octanol–water partition coefficient (Wildman–Crippen LogP) is 4.04. The minimum absolute atomic E-state index is 0.480. The molecule has 0 saturated carbocycles. The standard InChI is InChI=1S/C12H13Cl2N3S/c1-3-11-15-9(13)6-12(16-11)17(2)7-8-4-5-10(14)18-8/h4-6H,3,7H2,1-2H3. The molecule has 2 rings (SSSR count). The van der Waals surface area contributed by atoms with Crippen LogP contribution >= 0.6 is 34.5 Å². The molecule has 3 nitrogen and oxygen atoms in total. The molecule has 0 aromatic carbocycles. The lowest BCUT2D eigenvalue weighted by Crippen LogP contribution is -2.17. The summed E-state index contributed by atoms with van der Waals surface area (Å²) in [6.45, 7) is 2.77. The Morgan fingerprint density at radius 2 is 2.06 bits per heavy atom. The third-order valence-corrected chi connectivity index (χ3v) is 3.87. The summed E-state index contributed by atoms with van der Waals surface area (Å²) in [4.78, 5) is 11.8. The first kappa shape index (κ1) is 13.6. The molecule has 0 fully saturated rings. The number of anilines is 1. The first-order chi connectivity index (χ1) is 8.58. The number of aromatic nitrogens is 2. The summed E-state index contributed by atoms with van der Waals surface area (Å²) in [7, 11) is 1.98. The van der Waals surface area contributed by atoms with E-state index in [-0.39, 0.29) is 0 Å². The largest absolute Gasteiger partial charge is 0.354 e. The van der Waals surface area contributed by atoms with E-state index in [4.69, 9.17) is 23.2 Å². The number of thiophene rings is 1. The van der Waals surface area contributed by atoms with Crippen LogP contribution in [0.4, 0.5) is 5.82 Å². The normalized spacial score (nSPS) is 10.7. The van der Waals surface area contributed by atoms with Gasteiger partial charge in [-0.25, -0.2) is 9.97 Å². The van der Waals surface area contributed by atoms with Crippen molar-refractivity contribution < 1.29 is 0 Å². The number of hydrogen-bond acceptors (Lipinski definition) is 4. The summed E-state index contributed by atoms with van der Waals surface area (Å²) < 4.78 is 0.799. The van der Waals surface area contributed by atoms with Gasteiger partial charge in [-0.05, 0) is 12.1 Å². The highest BCUT2D eigenvalue weighted by Crippen LogP contribution is 2.24. The fourth-order valence-electron chi connectivity index (χ4n) is 1.56. The smallest absolute Gasteiger partial charge is 0.134 e. The fourth-order valence-corrected chi connectivity index (χ4v) is 2.89. The van der Waals surface area contributed by atoms with Crippen LogP contribution in [-0.2, 0) is 13.0 Å². The predicted molar refractivity (Wildman–Crippen MR) is 77.9 cm³/mol. The minimum Gasteiger partial charge on any atom is -0.354 e. The van der Waals surface area contributed by atoms with Crippen molar-refractivity contribution in [3.05, 3.63) is 38.4 Å². The molecule has 0 aliphatic heterocycles. The van der Waals surface area contributed by atoms with E-state index in [1.165, 1.54) is 4.88 Å². The molecule has 0 spiro atoms. The molecule has 0 unspecified atom stereocenters. The van der Waals surface area contributed by atoms with Gasteiger partial charge < -0.3 is 4.90 Å². The number of aryl methyl sites for hydroxylation is 1. The summed E-state index contributed by atoms with van der Waals surface area (Å²) >= 11 is 13.5. The Bertz CT molecular complexity index is 542. The highest BCUT2D eigenvalue weighted by Gasteiger charge is 2.08. The van der Waals surface area contributed by atoms with E-state index < -0.39 is 0 Å². The summed E-state index contributed by atoms with van der Waals surface area (Å²) in [6.07, 6.45) is 0.770. The van der Waals surface area contributed by atoms with Gasteiger partial charge in [-0.15, -0.1) is 11.3 Å². The summed E-state index contributed by atoms with van der Waals surface area (Å²) in [5, 5.41) is 0.480. The van der Waals surface area contributed by atoms with Crippen molar-refractivity contribution in [1.29, 1.82) is 0 Å². The number of halogens is 2. The molecule has 0 aliphatic rings. The van der Waals surface area contributed by atoms with Crippen molar-refractivity contribution in [2.24, 2.45) is 0 Å². The van der Waals surface area contributed by atoms with Gasteiger partial charge in [-0.1, -0.05) is 30.1 Å². The van der Waals surface area contributed by atoms with Crippen molar-refractivity contribution in [2.45, 2.75) is 19.9 Å². The summed E-state index contributed by atoms with van der Waals surface area (Å²) in [5.74, 6) is 1.59. The van der Waals surface area contributed by atoms with Gasteiger partial charge in [-0.2, -0.15) is 0 Å². The lowest BCUT2D eigenvalue weighted by molar-refractivity contribution is 0.866. The van der Waals surface area contributed by atoms with Crippen LogP contribution in [0.1, 0.15) is 17.6 Å². The van der Waals surface area contributed by atoms with Crippen LogP contribution in [0.15, 0.2) is 18.2 Å². The molecule has 0 radical (unpaired) electrons. The third kappa shape index (κ3) is 3.34. The number of nitrogens with zero attached hydrogens (tertiary/aromatic N) is 3. The Labute approximate surface area is 120 Å². The molecule has 0 atom stereocenters. The molecular weight excluding hydrogens is 289 g/mol. The second kappa shape index (κ2) is 5.87. The molecule has 96 valence electrons. The van der Waals surface area contributed by atoms with E-state index in [0.717, 1.165) is 28.9 Å². The maximum atomic E-state index is 5.98. The summed E-state index contributed by atoms with van der Waals surface area (Å²) in [6, 6.07) is 5.70. The molecule has 18 heavy (non-hydrogen) atoms. The lowest BCUT2D eigenvalue weighted by atomic mass is 10.4. The molecule has 0 N–H and O–H groups in total. The highest BCUT2D eigenvalue weighted by atomic mass is 35.5. The van der Waals surface area contributed by atoms with Crippen molar-refractivity contribution in [3.63, 3.8) is 0 Å². The second-order valence-electron chi connectivity index (χ2n) is 3.88. The van der Waals surface area contributed by atoms with Crippen LogP contribution in [0, 0.1) is 0 Å².